The van der Waals surface area contributed by atoms with Crippen LogP contribution >= 0.6 is 0 Å². The number of nitrogens with zero attached hydrogens (tertiary/aromatic N) is 1. The van der Waals surface area contributed by atoms with E-state index in [1.54, 1.807) is 18.2 Å². The van der Waals surface area contributed by atoms with E-state index in [4.69, 9.17) is 0 Å². The van der Waals surface area contributed by atoms with Crippen LogP contribution in [-0.4, -0.2) is 17.5 Å². The average Bonchev–Trinajstić information content (AvgIpc) is 2.49. The Balaban J connectivity index is 1.86. The van der Waals surface area contributed by atoms with E-state index < -0.39 is 11.0 Å². The van der Waals surface area contributed by atoms with Crippen LogP contribution in [0.4, 0.5) is 20.6 Å². The predicted molar refractivity (Wildman–Crippen MR) is 80.2 cm³/mol. The van der Waals surface area contributed by atoms with Gasteiger partial charge in [-0.3, -0.25) is 10.1 Å². The first-order valence-corrected chi connectivity index (χ1v) is 6.59. The molecule has 2 aromatic carbocycles. The lowest BCUT2D eigenvalue weighted by Gasteiger charge is -2.08. The third-order valence-corrected chi connectivity index (χ3v) is 2.96. The molecule has 0 radical (unpaired) electrons. The largest absolute Gasteiger partial charge is 0.338 e. The number of amides is 2. The smallest absolute Gasteiger partial charge is 0.319 e. The molecule has 2 aromatic rings. The quantitative estimate of drug-likeness (QED) is 0.657. The fourth-order valence-corrected chi connectivity index (χ4v) is 1.88. The van der Waals surface area contributed by atoms with Gasteiger partial charge in [0.1, 0.15) is 11.5 Å². The maximum absolute atomic E-state index is 12.7. The van der Waals surface area contributed by atoms with Gasteiger partial charge in [0.15, 0.2) is 0 Å². The van der Waals surface area contributed by atoms with Gasteiger partial charge >= 0.3 is 6.03 Å². The zero-order chi connectivity index (χ0) is 15.9. The molecule has 0 aliphatic carbocycles. The molecule has 22 heavy (non-hydrogen) atoms. The summed E-state index contributed by atoms with van der Waals surface area (Å²) in [6.07, 6.45) is 0.532. The van der Waals surface area contributed by atoms with Gasteiger partial charge in [0.2, 0.25) is 0 Å². The number of carbonyl (C=O) groups is 1. The number of rotatable bonds is 5. The molecule has 2 amide bonds. The van der Waals surface area contributed by atoms with Gasteiger partial charge in [0.25, 0.3) is 5.69 Å². The molecule has 0 heterocycles. The molecule has 0 aliphatic heterocycles. The third kappa shape index (κ3) is 4.27. The van der Waals surface area contributed by atoms with Crippen molar-refractivity contribution in [1.29, 1.82) is 0 Å². The van der Waals surface area contributed by atoms with Crippen molar-refractivity contribution in [3.05, 3.63) is 70.0 Å². The second-order valence-electron chi connectivity index (χ2n) is 4.53. The Labute approximate surface area is 126 Å². The molecular weight excluding hydrogens is 289 g/mol. The van der Waals surface area contributed by atoms with Gasteiger partial charge in [-0.1, -0.05) is 24.3 Å². The van der Waals surface area contributed by atoms with Crippen LogP contribution in [0.15, 0.2) is 48.5 Å². The lowest BCUT2D eigenvalue weighted by Crippen LogP contribution is -2.30. The third-order valence-electron chi connectivity index (χ3n) is 2.96. The molecule has 0 aromatic heterocycles. The number of urea groups is 1. The highest BCUT2D eigenvalue weighted by atomic mass is 19.1. The average molecular weight is 303 g/mol. The zero-order valence-electron chi connectivity index (χ0n) is 11.6. The van der Waals surface area contributed by atoms with Crippen molar-refractivity contribution < 1.29 is 14.1 Å². The van der Waals surface area contributed by atoms with Crippen LogP contribution in [0.1, 0.15) is 5.56 Å². The van der Waals surface area contributed by atoms with E-state index in [0.29, 0.717) is 13.0 Å². The number of halogens is 1. The van der Waals surface area contributed by atoms with Crippen LogP contribution in [0.3, 0.4) is 0 Å². The molecule has 2 rings (SSSR count). The number of benzene rings is 2. The summed E-state index contributed by atoms with van der Waals surface area (Å²) < 4.78 is 12.7. The standard InChI is InChI=1S/C15H14FN3O3/c16-12-7-5-11(6-8-12)9-10-17-15(20)18-13-3-1-2-4-14(13)19(21)22/h1-8H,9-10H2,(H2,17,18,20). The van der Waals surface area contributed by atoms with Gasteiger partial charge in [-0.15, -0.1) is 0 Å². The minimum atomic E-state index is -0.561. The van der Waals surface area contributed by atoms with Crippen molar-refractivity contribution in [1.82, 2.24) is 5.32 Å². The fraction of sp³-hybridized carbons (Fsp3) is 0.133. The molecular formula is C15H14FN3O3. The number of hydrogen-bond donors (Lipinski definition) is 2. The number of nitro benzene ring substituents is 1. The molecule has 0 aliphatic rings. The van der Waals surface area contributed by atoms with E-state index in [9.17, 15) is 19.3 Å². The lowest BCUT2D eigenvalue weighted by atomic mass is 10.1. The molecule has 7 heteroatoms. The second-order valence-corrected chi connectivity index (χ2v) is 4.53. The molecule has 6 nitrogen and oxygen atoms in total. The molecule has 0 saturated carbocycles. The topological polar surface area (TPSA) is 84.3 Å². The predicted octanol–water partition coefficient (Wildman–Crippen LogP) is 3.10. The monoisotopic (exact) mass is 303 g/mol. The summed E-state index contributed by atoms with van der Waals surface area (Å²) in [5.74, 6) is -0.314. The van der Waals surface area contributed by atoms with Gasteiger partial charge in [0.05, 0.1) is 4.92 Å². The maximum atomic E-state index is 12.7. The Bertz CT molecular complexity index is 674. The van der Waals surface area contributed by atoms with Crippen molar-refractivity contribution in [2.45, 2.75) is 6.42 Å². The van der Waals surface area contributed by atoms with E-state index in [1.807, 2.05) is 0 Å². The van der Waals surface area contributed by atoms with Crippen LogP contribution in [0.5, 0.6) is 0 Å². The zero-order valence-corrected chi connectivity index (χ0v) is 11.6. The van der Waals surface area contributed by atoms with E-state index in [1.165, 1.54) is 30.3 Å². The number of hydrogen-bond acceptors (Lipinski definition) is 3. The molecule has 0 spiro atoms. The normalized spacial score (nSPS) is 10.0. The van der Waals surface area contributed by atoms with E-state index in [-0.39, 0.29) is 17.2 Å². The number of carbonyl (C=O) groups excluding carboxylic acids is 1. The summed E-state index contributed by atoms with van der Waals surface area (Å²) in [5.41, 5.74) is 0.843. The van der Waals surface area contributed by atoms with Crippen LogP contribution in [0, 0.1) is 15.9 Å². The van der Waals surface area contributed by atoms with E-state index in [0.717, 1.165) is 5.56 Å². The number of anilines is 1. The first kappa shape index (κ1) is 15.4. The number of nitrogens with one attached hydrogen (secondary N) is 2. The highest BCUT2D eigenvalue weighted by Gasteiger charge is 2.14. The van der Waals surface area contributed by atoms with Gasteiger partial charge in [0, 0.05) is 12.6 Å². The van der Waals surface area contributed by atoms with E-state index >= 15 is 0 Å². The molecule has 0 atom stereocenters. The summed E-state index contributed by atoms with van der Waals surface area (Å²) in [4.78, 5) is 22.0. The van der Waals surface area contributed by atoms with Crippen LogP contribution in [-0.2, 0) is 6.42 Å². The lowest BCUT2D eigenvalue weighted by molar-refractivity contribution is -0.383. The maximum Gasteiger partial charge on any atom is 0.319 e. The highest BCUT2D eigenvalue weighted by Crippen LogP contribution is 2.22. The summed E-state index contributed by atoms with van der Waals surface area (Å²) in [7, 11) is 0. The Kier molecular flexibility index (Phi) is 5.02. The summed E-state index contributed by atoms with van der Waals surface area (Å²) in [5, 5.41) is 15.9. The molecule has 2 N–H and O–H groups in total. The van der Waals surface area contributed by atoms with Crippen molar-refractivity contribution in [3.8, 4) is 0 Å². The summed E-state index contributed by atoms with van der Waals surface area (Å²) >= 11 is 0. The van der Waals surface area contributed by atoms with Gasteiger partial charge in [-0.25, -0.2) is 9.18 Å². The molecule has 0 fully saturated rings. The molecule has 0 saturated heterocycles. The van der Waals surface area contributed by atoms with Crippen molar-refractivity contribution >= 4 is 17.4 Å². The Morgan fingerprint density at radius 3 is 2.50 bits per heavy atom. The van der Waals surface area contributed by atoms with Gasteiger partial charge < -0.3 is 10.6 Å². The van der Waals surface area contributed by atoms with Gasteiger partial charge in [-0.05, 0) is 30.2 Å². The van der Waals surface area contributed by atoms with E-state index in [2.05, 4.69) is 10.6 Å². The van der Waals surface area contributed by atoms with Crippen molar-refractivity contribution in [3.63, 3.8) is 0 Å². The SMILES string of the molecule is O=C(NCCc1ccc(F)cc1)Nc1ccccc1[N+](=O)[O-]. The molecule has 0 bridgehead atoms. The molecule has 114 valence electrons. The summed E-state index contributed by atoms with van der Waals surface area (Å²) in [6.45, 7) is 0.331. The van der Waals surface area contributed by atoms with Crippen LogP contribution < -0.4 is 10.6 Å². The highest BCUT2D eigenvalue weighted by molar-refractivity contribution is 5.91. The Hall–Kier alpha value is -2.96. The minimum Gasteiger partial charge on any atom is -0.338 e. The van der Waals surface area contributed by atoms with Gasteiger partial charge in [-0.2, -0.15) is 0 Å². The minimum absolute atomic E-state index is 0.131. The van der Waals surface area contributed by atoms with Crippen molar-refractivity contribution in [2.75, 3.05) is 11.9 Å². The number of para-hydroxylation sites is 2. The first-order valence-electron chi connectivity index (χ1n) is 6.59. The Morgan fingerprint density at radius 2 is 1.82 bits per heavy atom. The van der Waals surface area contributed by atoms with Crippen molar-refractivity contribution in [2.24, 2.45) is 0 Å². The number of nitro groups is 1. The second kappa shape index (κ2) is 7.16. The van der Waals surface area contributed by atoms with Crippen LogP contribution in [0.25, 0.3) is 0 Å². The molecule has 0 unspecified atom stereocenters. The Morgan fingerprint density at radius 1 is 1.14 bits per heavy atom. The summed E-state index contributed by atoms with van der Waals surface area (Å²) in [6, 6.07) is 11.3. The first-order chi connectivity index (χ1) is 10.6. The van der Waals surface area contributed by atoms with Crippen LogP contribution in [0.2, 0.25) is 0 Å². The fourth-order valence-electron chi connectivity index (χ4n) is 1.88.